The fourth-order valence-corrected chi connectivity index (χ4v) is 2.49. The van der Waals surface area contributed by atoms with Crippen molar-refractivity contribution in [3.63, 3.8) is 0 Å². The summed E-state index contributed by atoms with van der Waals surface area (Å²) >= 11 is 0. The second-order valence-electron chi connectivity index (χ2n) is 4.30. The van der Waals surface area contributed by atoms with Crippen LogP contribution in [0.15, 0.2) is 0 Å². The van der Waals surface area contributed by atoms with Gasteiger partial charge in [0.05, 0.1) is 0 Å². The molecule has 2 heterocycles. The van der Waals surface area contributed by atoms with E-state index >= 15 is 0 Å². The fourth-order valence-electron chi connectivity index (χ4n) is 2.49. The van der Waals surface area contributed by atoms with Crippen LogP contribution in [0.4, 0.5) is 0 Å². The van der Waals surface area contributed by atoms with E-state index in [1.165, 1.54) is 45.2 Å². The molecule has 3 heteroatoms. The first-order valence-corrected chi connectivity index (χ1v) is 6.25. The average molecular weight is 251 g/mol. The van der Waals surface area contributed by atoms with Gasteiger partial charge in [-0.15, -0.1) is 13.1 Å². The van der Waals surface area contributed by atoms with Crippen molar-refractivity contribution in [3.8, 4) is 0 Å². The van der Waals surface area contributed by atoms with E-state index in [4.69, 9.17) is 0 Å². The van der Waals surface area contributed by atoms with Crippen molar-refractivity contribution in [2.75, 3.05) is 26.2 Å². The predicted molar refractivity (Wildman–Crippen MR) is 69.2 cm³/mol. The van der Waals surface area contributed by atoms with Crippen molar-refractivity contribution >= 4 is 0 Å². The number of piperidine rings is 1. The van der Waals surface area contributed by atoms with E-state index in [-0.39, 0.29) is 58.8 Å². The third-order valence-electron chi connectivity index (χ3n) is 3.41. The Morgan fingerprint density at radius 1 is 1.00 bits per heavy atom. The number of nitrogens with zero attached hydrogens (tertiary/aromatic N) is 1. The zero-order valence-corrected chi connectivity index (χ0v) is 14.9. The van der Waals surface area contributed by atoms with Crippen molar-refractivity contribution in [1.82, 2.24) is 5.32 Å². The van der Waals surface area contributed by atoms with Gasteiger partial charge in [0, 0.05) is 6.54 Å². The van der Waals surface area contributed by atoms with Crippen LogP contribution in [-0.2, 0) is 0 Å². The molecule has 0 bridgehead atoms. The van der Waals surface area contributed by atoms with E-state index < -0.39 is 0 Å². The topological polar surface area (TPSA) is 26.1 Å². The summed E-state index contributed by atoms with van der Waals surface area (Å²) in [4.78, 5) is 0. The Hall–Kier alpha value is 1.56. The summed E-state index contributed by atoms with van der Waals surface area (Å²) in [5.74, 6) is 0. The molecule has 0 aromatic carbocycles. The smallest absolute Gasteiger partial charge is 0.662 e. The molecule has 0 aromatic heterocycles. The molecule has 1 N–H and O–H groups in total. The molecule has 2 rings (SSSR count). The van der Waals surface area contributed by atoms with Gasteiger partial charge in [-0.25, -0.2) is 0 Å². The molecule has 0 aromatic rings. The molecule has 2 aliphatic heterocycles. The minimum absolute atomic E-state index is 0. The van der Waals surface area contributed by atoms with Gasteiger partial charge in [0.2, 0.25) is 0 Å². The first kappa shape index (κ1) is 19.9. The first-order valence-electron chi connectivity index (χ1n) is 6.25. The van der Waals surface area contributed by atoms with Gasteiger partial charge in [0.1, 0.15) is 0 Å². The molecule has 0 unspecified atom stereocenters. The van der Waals surface area contributed by atoms with Gasteiger partial charge >= 0.3 is 51.4 Å². The standard InChI is InChI=1S/C10H19N2.C2H6.CH3.K/c1-2-6-12-9-10(3-1)4-7-11-8-5-10;1-2;;/h12H,1-9H2;1-2H3;1H3;/q-1;;-1;+1. The average Bonchev–Trinajstić information content (AvgIpc) is 2.48. The predicted octanol–water partition coefficient (Wildman–Crippen LogP) is 0.394. The summed E-state index contributed by atoms with van der Waals surface area (Å²) in [5.41, 5.74) is 0.637. The molecular formula is C13H28KN2-. The van der Waals surface area contributed by atoms with Crippen LogP contribution in [0.2, 0.25) is 0 Å². The molecule has 0 amide bonds. The summed E-state index contributed by atoms with van der Waals surface area (Å²) < 4.78 is 0. The van der Waals surface area contributed by atoms with Crippen LogP contribution < -0.4 is 56.7 Å². The molecule has 0 aliphatic carbocycles. The Bertz CT molecular complexity index is 135. The second-order valence-corrected chi connectivity index (χ2v) is 4.30. The van der Waals surface area contributed by atoms with Gasteiger partial charge in [-0.2, -0.15) is 0 Å². The van der Waals surface area contributed by atoms with E-state index in [9.17, 15) is 0 Å². The Kier molecular flexibility index (Phi) is 14.5. The maximum atomic E-state index is 4.43. The van der Waals surface area contributed by atoms with E-state index in [0.717, 1.165) is 13.1 Å². The van der Waals surface area contributed by atoms with Crippen LogP contribution >= 0.6 is 0 Å². The summed E-state index contributed by atoms with van der Waals surface area (Å²) in [6.07, 6.45) is 6.90. The van der Waals surface area contributed by atoms with Gasteiger partial charge in [0.15, 0.2) is 0 Å². The first-order chi connectivity index (χ1) is 6.91. The van der Waals surface area contributed by atoms with Gasteiger partial charge < -0.3 is 18.1 Å². The number of hydrogen-bond donors (Lipinski definition) is 1. The van der Waals surface area contributed by atoms with E-state index in [0.29, 0.717) is 5.41 Å². The monoisotopic (exact) mass is 251 g/mol. The van der Waals surface area contributed by atoms with E-state index in [1.807, 2.05) is 13.8 Å². The van der Waals surface area contributed by atoms with Gasteiger partial charge in [-0.05, 0) is 24.8 Å². The molecule has 0 radical (unpaired) electrons. The zero-order chi connectivity index (χ0) is 10.3. The normalized spacial score (nSPS) is 22.9. The van der Waals surface area contributed by atoms with E-state index in [2.05, 4.69) is 10.6 Å². The quantitative estimate of drug-likeness (QED) is 0.489. The van der Waals surface area contributed by atoms with Gasteiger partial charge in [-0.1, -0.05) is 33.1 Å². The molecule has 1 spiro atoms. The summed E-state index contributed by atoms with van der Waals surface area (Å²) in [5, 5.41) is 8.00. The summed E-state index contributed by atoms with van der Waals surface area (Å²) in [6, 6.07) is 0. The Labute approximate surface area is 145 Å². The molecular weight excluding hydrogens is 223 g/mol. The van der Waals surface area contributed by atoms with Crippen LogP contribution in [0.3, 0.4) is 0 Å². The third-order valence-corrected chi connectivity index (χ3v) is 3.41. The molecule has 0 atom stereocenters. The van der Waals surface area contributed by atoms with Crippen LogP contribution in [0.5, 0.6) is 0 Å². The van der Waals surface area contributed by atoms with E-state index in [1.54, 1.807) is 0 Å². The Morgan fingerprint density at radius 2 is 1.62 bits per heavy atom. The second kappa shape index (κ2) is 11.6. The Morgan fingerprint density at radius 3 is 2.25 bits per heavy atom. The van der Waals surface area contributed by atoms with Crippen molar-refractivity contribution in [3.05, 3.63) is 12.7 Å². The van der Waals surface area contributed by atoms with Crippen molar-refractivity contribution < 1.29 is 51.4 Å². The molecule has 2 fully saturated rings. The number of rotatable bonds is 0. The summed E-state index contributed by atoms with van der Waals surface area (Å²) in [6.45, 7) is 8.71. The Balaban J connectivity index is 0. The molecule has 0 saturated carbocycles. The maximum Gasteiger partial charge on any atom is 1.00 e. The van der Waals surface area contributed by atoms with Crippen molar-refractivity contribution in [2.45, 2.75) is 46.0 Å². The minimum atomic E-state index is 0. The van der Waals surface area contributed by atoms with Crippen LogP contribution in [0.1, 0.15) is 46.0 Å². The molecule has 2 saturated heterocycles. The molecule has 2 nitrogen and oxygen atoms in total. The molecule has 2 aliphatic rings. The van der Waals surface area contributed by atoms with Crippen molar-refractivity contribution in [2.24, 2.45) is 5.41 Å². The van der Waals surface area contributed by atoms with Crippen LogP contribution in [0.25, 0.3) is 5.32 Å². The molecule has 16 heavy (non-hydrogen) atoms. The minimum Gasteiger partial charge on any atom is -0.662 e. The van der Waals surface area contributed by atoms with Gasteiger partial charge in [0.25, 0.3) is 0 Å². The largest absolute Gasteiger partial charge is 1.00 e. The molecule has 92 valence electrons. The van der Waals surface area contributed by atoms with Crippen LogP contribution in [-0.4, -0.2) is 26.2 Å². The fraction of sp³-hybridized carbons (Fsp3) is 0.923. The maximum absolute atomic E-state index is 4.43. The van der Waals surface area contributed by atoms with Crippen LogP contribution in [0, 0.1) is 12.8 Å². The summed E-state index contributed by atoms with van der Waals surface area (Å²) in [7, 11) is 0. The number of nitrogens with one attached hydrogen (secondary N) is 1. The SMILES string of the molecule is C1CCC2(CC[N-]CC2)CNC1.CC.[CH3-].[K+]. The number of hydrogen-bond acceptors (Lipinski definition) is 1. The van der Waals surface area contributed by atoms with Crippen molar-refractivity contribution in [1.29, 1.82) is 0 Å². The zero-order valence-electron chi connectivity index (χ0n) is 11.8. The van der Waals surface area contributed by atoms with Gasteiger partial charge in [-0.3, -0.25) is 0 Å². The third kappa shape index (κ3) is 6.48.